The van der Waals surface area contributed by atoms with Crippen LogP contribution < -0.4 is 10.1 Å². The van der Waals surface area contributed by atoms with E-state index >= 15 is 0 Å². The number of aromatic nitrogens is 2. The molecule has 0 unspecified atom stereocenters. The van der Waals surface area contributed by atoms with Gasteiger partial charge in [-0.3, -0.25) is 0 Å². The first-order chi connectivity index (χ1) is 16.1. The summed E-state index contributed by atoms with van der Waals surface area (Å²) in [5.74, 6) is 2.36. The molecule has 33 heavy (non-hydrogen) atoms. The van der Waals surface area contributed by atoms with Crippen molar-refractivity contribution in [1.29, 1.82) is 0 Å². The predicted molar refractivity (Wildman–Crippen MR) is 128 cm³/mol. The number of unbranched alkanes of at least 4 members (excludes halogenated alkanes) is 1. The molecule has 1 atom stereocenters. The number of hydrogen-bond donors (Lipinski definition) is 1. The third-order valence-corrected chi connectivity index (χ3v) is 6.00. The monoisotopic (exact) mass is 448 g/mol. The van der Waals surface area contributed by atoms with Gasteiger partial charge in [0.1, 0.15) is 5.75 Å². The molecule has 0 bridgehead atoms. The lowest BCUT2D eigenvalue weighted by molar-refractivity contribution is 0.173. The second-order valence-electron chi connectivity index (χ2n) is 8.64. The molecule has 1 aliphatic rings. The summed E-state index contributed by atoms with van der Waals surface area (Å²) < 4.78 is 11.2. The van der Waals surface area contributed by atoms with E-state index in [1.807, 2.05) is 60.4 Å². The molecule has 1 fully saturated rings. The molecule has 1 aromatic heterocycles. The number of benzene rings is 2. The molecule has 2 aromatic carbocycles. The van der Waals surface area contributed by atoms with Crippen LogP contribution in [0.15, 0.2) is 53.1 Å². The standard InChI is InChI=1S/C26H32N4O3/c1-3-4-16-32-22-13-11-21(12-14-22)27-26(31)30-15-7-9-20(18-30)17-24-28-25(29-33-24)23-10-6-5-8-19(23)2/h5-6,8,10-14,20H,3-4,7,9,15-18H2,1-2H3,(H,27,31)/t20-/m0/s1. The number of likely N-dealkylation sites (tertiary alicyclic amines) is 1. The number of carbonyl (C=O) groups excluding carboxylic acids is 1. The normalized spacial score (nSPS) is 15.9. The van der Waals surface area contributed by atoms with Gasteiger partial charge in [0.25, 0.3) is 0 Å². The Morgan fingerprint density at radius 1 is 1.21 bits per heavy atom. The van der Waals surface area contributed by atoms with E-state index in [0.717, 1.165) is 54.8 Å². The molecule has 1 aliphatic heterocycles. The summed E-state index contributed by atoms with van der Waals surface area (Å²) in [6, 6.07) is 15.5. The van der Waals surface area contributed by atoms with E-state index in [1.165, 1.54) is 0 Å². The predicted octanol–water partition coefficient (Wildman–Crippen LogP) is 5.71. The number of carbonyl (C=O) groups is 1. The van der Waals surface area contributed by atoms with E-state index in [2.05, 4.69) is 22.4 Å². The number of aryl methyl sites for hydroxylation is 1. The summed E-state index contributed by atoms with van der Waals surface area (Å²) in [4.78, 5) is 19.3. The first kappa shape index (κ1) is 22.8. The van der Waals surface area contributed by atoms with Gasteiger partial charge in [0, 0.05) is 30.8 Å². The van der Waals surface area contributed by atoms with Gasteiger partial charge in [-0.25, -0.2) is 4.79 Å². The number of urea groups is 1. The quantitative estimate of drug-likeness (QED) is 0.446. The average molecular weight is 449 g/mol. The van der Waals surface area contributed by atoms with Crippen LogP contribution in [0.5, 0.6) is 5.75 Å². The van der Waals surface area contributed by atoms with E-state index in [-0.39, 0.29) is 6.03 Å². The highest BCUT2D eigenvalue weighted by Gasteiger charge is 2.26. The number of nitrogens with zero attached hydrogens (tertiary/aromatic N) is 3. The van der Waals surface area contributed by atoms with Gasteiger partial charge in [-0.2, -0.15) is 4.98 Å². The van der Waals surface area contributed by atoms with Crippen molar-refractivity contribution in [1.82, 2.24) is 15.0 Å². The Hall–Kier alpha value is -3.35. The van der Waals surface area contributed by atoms with Crippen LogP contribution in [0.2, 0.25) is 0 Å². The number of hydrogen-bond acceptors (Lipinski definition) is 5. The van der Waals surface area contributed by atoms with Crippen LogP contribution in [0.1, 0.15) is 44.1 Å². The summed E-state index contributed by atoms with van der Waals surface area (Å²) in [5, 5.41) is 7.17. The van der Waals surface area contributed by atoms with Crippen LogP contribution >= 0.6 is 0 Å². The van der Waals surface area contributed by atoms with Crippen LogP contribution in [0, 0.1) is 12.8 Å². The van der Waals surface area contributed by atoms with Crippen LogP contribution in [0.4, 0.5) is 10.5 Å². The van der Waals surface area contributed by atoms with Crippen molar-refractivity contribution in [3.8, 4) is 17.1 Å². The van der Waals surface area contributed by atoms with Crippen molar-refractivity contribution in [3.63, 3.8) is 0 Å². The largest absolute Gasteiger partial charge is 0.494 e. The second-order valence-corrected chi connectivity index (χ2v) is 8.64. The lowest BCUT2D eigenvalue weighted by Gasteiger charge is -2.32. The fourth-order valence-corrected chi connectivity index (χ4v) is 4.11. The second kappa shape index (κ2) is 11.0. The van der Waals surface area contributed by atoms with E-state index in [0.29, 0.717) is 37.2 Å². The Bertz CT molecular complexity index is 1050. The van der Waals surface area contributed by atoms with E-state index < -0.39 is 0 Å². The lowest BCUT2D eigenvalue weighted by Crippen LogP contribution is -2.42. The van der Waals surface area contributed by atoms with Crippen LogP contribution in [0.25, 0.3) is 11.4 Å². The molecule has 1 N–H and O–H groups in total. The summed E-state index contributed by atoms with van der Waals surface area (Å²) in [7, 11) is 0. The van der Waals surface area contributed by atoms with E-state index in [4.69, 9.17) is 9.26 Å². The maximum Gasteiger partial charge on any atom is 0.321 e. The summed E-state index contributed by atoms with van der Waals surface area (Å²) in [5.41, 5.74) is 2.87. The molecule has 3 aromatic rings. The molecule has 174 valence electrons. The first-order valence-electron chi connectivity index (χ1n) is 11.8. The molecule has 2 heterocycles. The zero-order valence-electron chi connectivity index (χ0n) is 19.4. The van der Waals surface area contributed by atoms with Gasteiger partial charge < -0.3 is 19.5 Å². The Balaban J connectivity index is 1.30. The highest BCUT2D eigenvalue weighted by atomic mass is 16.5. The molecule has 1 saturated heterocycles. The highest BCUT2D eigenvalue weighted by Crippen LogP contribution is 2.24. The first-order valence-corrected chi connectivity index (χ1v) is 11.8. The highest BCUT2D eigenvalue weighted by molar-refractivity contribution is 5.89. The van der Waals surface area contributed by atoms with Crippen LogP contribution in [-0.2, 0) is 6.42 Å². The van der Waals surface area contributed by atoms with Gasteiger partial charge in [-0.05, 0) is 61.9 Å². The molecule has 0 spiro atoms. The summed E-state index contributed by atoms with van der Waals surface area (Å²) in [6.45, 7) is 6.31. The molecular weight excluding hydrogens is 416 g/mol. The number of piperidine rings is 1. The van der Waals surface area contributed by atoms with Crippen molar-refractivity contribution in [2.75, 3.05) is 25.0 Å². The van der Waals surface area contributed by atoms with Crippen molar-refractivity contribution in [2.24, 2.45) is 5.92 Å². The Morgan fingerprint density at radius 2 is 2.03 bits per heavy atom. The molecule has 7 nitrogen and oxygen atoms in total. The fraction of sp³-hybridized carbons (Fsp3) is 0.423. The van der Waals surface area contributed by atoms with Crippen molar-refractivity contribution < 1.29 is 14.1 Å². The topological polar surface area (TPSA) is 80.5 Å². The lowest BCUT2D eigenvalue weighted by atomic mass is 9.95. The van der Waals surface area contributed by atoms with Gasteiger partial charge >= 0.3 is 6.03 Å². The van der Waals surface area contributed by atoms with Crippen LogP contribution in [-0.4, -0.2) is 40.8 Å². The number of rotatable bonds is 8. The molecule has 7 heteroatoms. The van der Waals surface area contributed by atoms with Crippen molar-refractivity contribution in [3.05, 3.63) is 60.0 Å². The fourth-order valence-electron chi connectivity index (χ4n) is 4.11. The minimum atomic E-state index is -0.0783. The zero-order chi connectivity index (χ0) is 23.0. The van der Waals surface area contributed by atoms with Gasteiger partial charge in [-0.15, -0.1) is 0 Å². The Labute approximate surface area is 195 Å². The maximum absolute atomic E-state index is 12.8. The third kappa shape index (κ3) is 6.12. The van der Waals surface area contributed by atoms with E-state index in [9.17, 15) is 4.79 Å². The smallest absolute Gasteiger partial charge is 0.321 e. The van der Waals surface area contributed by atoms with Gasteiger partial charge in [-0.1, -0.05) is 42.8 Å². The van der Waals surface area contributed by atoms with Crippen LogP contribution in [0.3, 0.4) is 0 Å². The summed E-state index contributed by atoms with van der Waals surface area (Å²) in [6.07, 6.45) is 4.81. The molecule has 2 amide bonds. The average Bonchev–Trinajstić information content (AvgIpc) is 3.29. The SMILES string of the molecule is CCCCOc1ccc(NC(=O)N2CCC[C@@H](Cc3nc(-c4ccccc4C)no3)C2)cc1. The zero-order valence-corrected chi connectivity index (χ0v) is 19.4. The van der Waals surface area contributed by atoms with Crippen molar-refractivity contribution in [2.45, 2.75) is 46.0 Å². The molecular formula is C26H32N4O3. The molecule has 0 saturated carbocycles. The maximum atomic E-state index is 12.8. The van der Waals surface area contributed by atoms with Gasteiger partial charge in [0.15, 0.2) is 0 Å². The summed E-state index contributed by atoms with van der Waals surface area (Å²) >= 11 is 0. The van der Waals surface area contributed by atoms with Gasteiger partial charge in [0.2, 0.25) is 11.7 Å². The molecule has 0 aliphatic carbocycles. The number of nitrogens with one attached hydrogen (secondary N) is 1. The number of amides is 2. The third-order valence-electron chi connectivity index (χ3n) is 6.00. The molecule has 4 rings (SSSR count). The number of ether oxygens (including phenoxy) is 1. The van der Waals surface area contributed by atoms with E-state index in [1.54, 1.807) is 0 Å². The minimum Gasteiger partial charge on any atom is -0.494 e. The Kier molecular flexibility index (Phi) is 7.60. The van der Waals surface area contributed by atoms with Crippen molar-refractivity contribution >= 4 is 11.7 Å². The molecule has 0 radical (unpaired) electrons. The Morgan fingerprint density at radius 3 is 2.82 bits per heavy atom. The van der Waals surface area contributed by atoms with Gasteiger partial charge in [0.05, 0.1) is 6.61 Å². The number of anilines is 1. The minimum absolute atomic E-state index is 0.0783.